The number of rotatable bonds is 7. The number of carbonyl (C=O) groups excluding carboxylic acids is 3. The summed E-state index contributed by atoms with van der Waals surface area (Å²) in [6, 6.07) is 12.1. The van der Waals surface area contributed by atoms with Crippen LogP contribution in [0.3, 0.4) is 0 Å². The third kappa shape index (κ3) is 3.79. The number of ketones is 1. The maximum absolute atomic E-state index is 13.3. The van der Waals surface area contributed by atoms with Crippen LogP contribution in [-0.4, -0.2) is 29.2 Å². The smallest absolute Gasteiger partial charge is 0.319 e. The molecule has 1 N–H and O–H groups in total. The lowest BCUT2D eigenvalue weighted by Crippen LogP contribution is -2.43. The molecule has 29 heavy (non-hydrogen) atoms. The highest BCUT2D eigenvalue weighted by Crippen LogP contribution is 2.32. The Morgan fingerprint density at radius 1 is 1.07 bits per heavy atom. The summed E-state index contributed by atoms with van der Waals surface area (Å²) < 4.78 is 13.3. The van der Waals surface area contributed by atoms with E-state index in [1.54, 1.807) is 19.1 Å². The van der Waals surface area contributed by atoms with Crippen LogP contribution in [0.4, 0.5) is 9.18 Å². The molecule has 0 saturated carbocycles. The summed E-state index contributed by atoms with van der Waals surface area (Å²) in [6.45, 7) is 5.64. The predicted molar refractivity (Wildman–Crippen MR) is 108 cm³/mol. The summed E-state index contributed by atoms with van der Waals surface area (Å²) >= 11 is 0. The Hall–Kier alpha value is -3.02. The van der Waals surface area contributed by atoms with E-state index in [1.165, 1.54) is 24.3 Å². The Morgan fingerprint density at radius 2 is 1.69 bits per heavy atom. The molecule has 5 nitrogen and oxygen atoms in total. The zero-order valence-electron chi connectivity index (χ0n) is 16.9. The van der Waals surface area contributed by atoms with E-state index < -0.39 is 23.3 Å². The van der Waals surface area contributed by atoms with Gasteiger partial charge in [0, 0.05) is 5.56 Å². The summed E-state index contributed by atoms with van der Waals surface area (Å²) in [5.74, 6) is -0.841. The van der Waals surface area contributed by atoms with E-state index in [0.717, 1.165) is 16.9 Å². The number of imide groups is 1. The van der Waals surface area contributed by atoms with Gasteiger partial charge in [-0.3, -0.25) is 14.5 Å². The fraction of sp³-hybridized carbons (Fsp3) is 0.348. The third-order valence-corrected chi connectivity index (χ3v) is 5.76. The molecule has 0 bridgehead atoms. The maximum Gasteiger partial charge on any atom is 0.325 e. The minimum atomic E-state index is -1.29. The molecule has 1 aliphatic rings. The quantitative estimate of drug-likeness (QED) is 0.558. The van der Waals surface area contributed by atoms with Gasteiger partial charge in [0.25, 0.3) is 5.91 Å². The summed E-state index contributed by atoms with van der Waals surface area (Å²) in [7, 11) is 0. The van der Waals surface area contributed by atoms with E-state index in [0.29, 0.717) is 17.0 Å². The van der Waals surface area contributed by atoms with Gasteiger partial charge in [0.1, 0.15) is 11.4 Å². The van der Waals surface area contributed by atoms with Crippen LogP contribution < -0.4 is 5.32 Å². The predicted octanol–water partition coefficient (Wildman–Crippen LogP) is 4.38. The van der Waals surface area contributed by atoms with Crippen molar-refractivity contribution in [1.82, 2.24) is 10.2 Å². The van der Waals surface area contributed by atoms with Gasteiger partial charge in [0.15, 0.2) is 5.78 Å². The summed E-state index contributed by atoms with van der Waals surface area (Å²) in [6.07, 6.45) is 1.29. The van der Waals surface area contributed by atoms with Gasteiger partial charge in [-0.2, -0.15) is 0 Å². The Labute approximate surface area is 169 Å². The van der Waals surface area contributed by atoms with Crippen LogP contribution in [0, 0.1) is 5.82 Å². The van der Waals surface area contributed by atoms with Gasteiger partial charge in [-0.25, -0.2) is 9.18 Å². The first-order valence-corrected chi connectivity index (χ1v) is 9.85. The number of nitrogens with one attached hydrogen (secondary N) is 1. The second-order valence-electron chi connectivity index (χ2n) is 7.44. The average Bonchev–Trinajstić information content (AvgIpc) is 2.98. The molecule has 0 radical (unpaired) electrons. The molecule has 152 valence electrons. The van der Waals surface area contributed by atoms with Gasteiger partial charge >= 0.3 is 6.03 Å². The van der Waals surface area contributed by atoms with Crippen LogP contribution in [0.2, 0.25) is 0 Å². The molecule has 2 aromatic rings. The topological polar surface area (TPSA) is 66.5 Å². The molecule has 2 unspecified atom stereocenters. The van der Waals surface area contributed by atoms with Gasteiger partial charge < -0.3 is 5.32 Å². The van der Waals surface area contributed by atoms with Crippen LogP contribution in [0.1, 0.15) is 61.0 Å². The second-order valence-corrected chi connectivity index (χ2v) is 7.44. The summed E-state index contributed by atoms with van der Waals surface area (Å²) in [5.41, 5.74) is 0.798. The standard InChI is InChI=1S/C23H25FN2O3/c1-4-15(3)16-6-8-17(9-7-16)20(27)14-26-21(28)23(5-2,25-22(26)29)18-10-12-19(24)13-11-18/h6-13,15H,4-5,14H2,1-3H3,(H,25,29). The summed E-state index contributed by atoms with van der Waals surface area (Å²) in [4.78, 5) is 39.3. The van der Waals surface area contributed by atoms with E-state index in [-0.39, 0.29) is 18.7 Å². The van der Waals surface area contributed by atoms with E-state index in [1.807, 2.05) is 12.1 Å². The Kier molecular flexibility index (Phi) is 5.82. The molecule has 1 fully saturated rings. The molecule has 2 aromatic carbocycles. The molecule has 2 atom stereocenters. The van der Waals surface area contributed by atoms with E-state index >= 15 is 0 Å². The van der Waals surface area contributed by atoms with Crippen molar-refractivity contribution in [3.8, 4) is 0 Å². The normalized spacial score (nSPS) is 19.9. The average molecular weight is 396 g/mol. The number of amides is 3. The van der Waals surface area contributed by atoms with Crippen molar-refractivity contribution in [2.75, 3.05) is 6.54 Å². The minimum Gasteiger partial charge on any atom is -0.319 e. The van der Waals surface area contributed by atoms with Crippen LogP contribution in [-0.2, 0) is 10.3 Å². The van der Waals surface area contributed by atoms with Crippen molar-refractivity contribution in [3.63, 3.8) is 0 Å². The lowest BCUT2D eigenvalue weighted by atomic mass is 9.87. The van der Waals surface area contributed by atoms with Crippen molar-refractivity contribution in [2.24, 2.45) is 0 Å². The minimum absolute atomic E-state index is 0.289. The number of halogens is 1. The lowest BCUT2D eigenvalue weighted by molar-refractivity contribution is -0.131. The molecular formula is C23H25FN2O3. The maximum atomic E-state index is 13.3. The molecule has 0 aromatic heterocycles. The first kappa shape index (κ1) is 20.7. The number of nitrogens with zero attached hydrogens (tertiary/aromatic N) is 1. The number of benzene rings is 2. The highest BCUT2D eigenvalue weighted by molar-refractivity contribution is 6.11. The lowest BCUT2D eigenvalue weighted by Gasteiger charge is -2.25. The Morgan fingerprint density at radius 3 is 2.24 bits per heavy atom. The van der Waals surface area contributed by atoms with Crippen molar-refractivity contribution in [1.29, 1.82) is 0 Å². The van der Waals surface area contributed by atoms with Crippen LogP contribution in [0.25, 0.3) is 0 Å². The van der Waals surface area contributed by atoms with Gasteiger partial charge in [0.2, 0.25) is 0 Å². The first-order chi connectivity index (χ1) is 13.8. The highest BCUT2D eigenvalue weighted by atomic mass is 19.1. The molecule has 0 aliphatic carbocycles. The van der Waals surface area contributed by atoms with Crippen LogP contribution in [0.5, 0.6) is 0 Å². The van der Waals surface area contributed by atoms with Gasteiger partial charge in [-0.1, -0.05) is 57.2 Å². The molecular weight excluding hydrogens is 371 g/mol. The van der Waals surface area contributed by atoms with Crippen molar-refractivity contribution >= 4 is 17.7 Å². The highest BCUT2D eigenvalue weighted by Gasteiger charge is 2.51. The van der Waals surface area contributed by atoms with Crippen LogP contribution >= 0.6 is 0 Å². The van der Waals surface area contributed by atoms with Crippen molar-refractivity contribution in [2.45, 2.75) is 45.1 Å². The van der Waals surface area contributed by atoms with Crippen molar-refractivity contribution in [3.05, 3.63) is 71.0 Å². The fourth-order valence-electron chi connectivity index (χ4n) is 3.61. The monoisotopic (exact) mass is 396 g/mol. The largest absolute Gasteiger partial charge is 0.325 e. The number of hydrogen-bond donors (Lipinski definition) is 1. The van der Waals surface area contributed by atoms with Crippen LogP contribution in [0.15, 0.2) is 48.5 Å². The Bertz CT molecular complexity index is 924. The number of carbonyl (C=O) groups is 3. The zero-order valence-corrected chi connectivity index (χ0v) is 16.9. The van der Waals surface area contributed by atoms with Gasteiger partial charge in [-0.15, -0.1) is 0 Å². The molecule has 3 rings (SSSR count). The van der Waals surface area contributed by atoms with Crippen molar-refractivity contribution < 1.29 is 18.8 Å². The van der Waals surface area contributed by atoms with E-state index in [9.17, 15) is 18.8 Å². The molecule has 1 aliphatic heterocycles. The Balaban J connectivity index is 1.80. The molecule has 1 heterocycles. The molecule has 3 amide bonds. The zero-order chi connectivity index (χ0) is 21.2. The third-order valence-electron chi connectivity index (χ3n) is 5.76. The van der Waals surface area contributed by atoms with Gasteiger partial charge in [-0.05, 0) is 42.0 Å². The van der Waals surface area contributed by atoms with E-state index in [2.05, 4.69) is 19.2 Å². The second kappa shape index (κ2) is 8.15. The molecule has 6 heteroatoms. The molecule has 1 saturated heterocycles. The fourth-order valence-corrected chi connectivity index (χ4v) is 3.61. The SMILES string of the molecule is CCC(C)c1ccc(C(=O)CN2C(=O)NC(CC)(c3ccc(F)cc3)C2=O)cc1. The number of Topliss-reactive ketones (excluding diaryl/α,β-unsaturated/α-hetero) is 1. The first-order valence-electron chi connectivity index (χ1n) is 9.85. The number of urea groups is 1. The van der Waals surface area contributed by atoms with E-state index in [4.69, 9.17) is 0 Å². The van der Waals surface area contributed by atoms with Gasteiger partial charge in [0.05, 0.1) is 6.54 Å². The number of hydrogen-bond acceptors (Lipinski definition) is 3. The summed E-state index contributed by atoms with van der Waals surface area (Å²) in [5, 5.41) is 2.70. The molecule has 0 spiro atoms.